The first-order chi connectivity index (χ1) is 14.3. The molecule has 0 amide bonds. The van der Waals surface area contributed by atoms with E-state index in [0.29, 0.717) is 6.54 Å². The fourth-order valence-electron chi connectivity index (χ4n) is 3.89. The molecule has 1 aromatic carbocycles. The zero-order chi connectivity index (χ0) is 20.2. The second-order valence-corrected chi connectivity index (χ2v) is 7.02. The van der Waals surface area contributed by atoms with Crippen LogP contribution in [0.5, 0.6) is 0 Å². The van der Waals surface area contributed by atoms with Crippen molar-refractivity contribution in [2.75, 3.05) is 7.05 Å². The van der Waals surface area contributed by atoms with Crippen molar-refractivity contribution < 1.29 is 0 Å². The lowest BCUT2D eigenvalue weighted by Crippen LogP contribution is -2.10. The number of fused-ring (bicyclic) bond motifs is 1. The minimum absolute atomic E-state index is 0.654. The molecule has 0 saturated carbocycles. The summed E-state index contributed by atoms with van der Waals surface area (Å²) in [7, 11) is 1.80. The molecule has 0 spiro atoms. The van der Waals surface area contributed by atoms with Gasteiger partial charge >= 0.3 is 0 Å². The minimum atomic E-state index is 0.654. The lowest BCUT2D eigenvalue weighted by atomic mass is 9.98. The molecule has 29 heavy (non-hydrogen) atoms. The van der Waals surface area contributed by atoms with E-state index in [4.69, 9.17) is 4.98 Å². The number of hydrogen-bond acceptors (Lipinski definition) is 4. The Labute approximate surface area is 171 Å². The summed E-state index contributed by atoms with van der Waals surface area (Å²) >= 11 is 0. The maximum absolute atomic E-state index is 4.86. The van der Waals surface area contributed by atoms with E-state index in [1.165, 1.54) is 5.56 Å². The van der Waals surface area contributed by atoms with Crippen molar-refractivity contribution in [1.29, 1.82) is 0 Å². The summed E-state index contributed by atoms with van der Waals surface area (Å²) in [4.78, 5) is 18.3. The predicted octanol–water partition coefficient (Wildman–Crippen LogP) is 4.36. The van der Waals surface area contributed by atoms with Crippen LogP contribution >= 0.6 is 0 Å². The van der Waals surface area contributed by atoms with Crippen molar-refractivity contribution in [3.63, 3.8) is 0 Å². The average molecular weight is 387 g/mol. The van der Waals surface area contributed by atoms with Crippen molar-refractivity contribution in [3.05, 3.63) is 65.9 Å². The number of rotatable bonds is 7. The molecule has 0 saturated heterocycles. The standard InChI is InChI=1S/C23H26N6/c1-4-13-29-21(27-20-10-7-11-25-23(20)29)16-28-14-12-26-22(28)19-9-6-8-17(15-24-3)18(19)5-2/h6-12,14-15H,4-5,13,16H2,1-3H3. The summed E-state index contributed by atoms with van der Waals surface area (Å²) in [6, 6.07) is 10.3. The Hall–Kier alpha value is -3.28. The summed E-state index contributed by atoms with van der Waals surface area (Å²) in [5.74, 6) is 1.96. The largest absolute Gasteiger partial charge is 0.323 e. The number of nitrogens with zero attached hydrogens (tertiary/aromatic N) is 6. The average Bonchev–Trinajstić information content (AvgIpc) is 3.33. The SMILES string of the molecule is CCCn1c(Cn2ccnc2-c2cccc(C=NC)c2CC)nc2cccnc21. The second-order valence-electron chi connectivity index (χ2n) is 7.02. The molecular formula is C23H26N6. The van der Waals surface area contributed by atoms with Crippen LogP contribution in [0.1, 0.15) is 37.2 Å². The molecule has 4 rings (SSSR count). The van der Waals surface area contributed by atoms with Gasteiger partial charge in [0.2, 0.25) is 0 Å². The van der Waals surface area contributed by atoms with Gasteiger partial charge in [-0.05, 0) is 36.1 Å². The maximum Gasteiger partial charge on any atom is 0.160 e. The monoisotopic (exact) mass is 386 g/mol. The molecule has 0 N–H and O–H groups in total. The van der Waals surface area contributed by atoms with Gasteiger partial charge < -0.3 is 9.13 Å². The van der Waals surface area contributed by atoms with Crippen LogP contribution < -0.4 is 0 Å². The Balaban J connectivity index is 1.78. The predicted molar refractivity (Wildman–Crippen MR) is 117 cm³/mol. The molecule has 6 nitrogen and oxygen atoms in total. The van der Waals surface area contributed by atoms with Crippen molar-refractivity contribution in [2.24, 2.45) is 4.99 Å². The van der Waals surface area contributed by atoms with Gasteiger partial charge in [0.1, 0.15) is 17.2 Å². The molecule has 0 aliphatic heterocycles. The number of pyridine rings is 1. The third-order valence-electron chi connectivity index (χ3n) is 5.13. The van der Waals surface area contributed by atoms with Crippen molar-refractivity contribution in [3.8, 4) is 11.4 Å². The molecule has 3 heterocycles. The molecule has 0 atom stereocenters. The molecular weight excluding hydrogens is 360 g/mol. The van der Waals surface area contributed by atoms with Crippen molar-refractivity contribution in [2.45, 2.75) is 39.8 Å². The first-order valence-corrected chi connectivity index (χ1v) is 10.1. The van der Waals surface area contributed by atoms with E-state index >= 15 is 0 Å². The van der Waals surface area contributed by atoms with Gasteiger partial charge in [-0.15, -0.1) is 0 Å². The van der Waals surface area contributed by atoms with Gasteiger partial charge in [-0.1, -0.05) is 32.0 Å². The fourth-order valence-corrected chi connectivity index (χ4v) is 3.89. The Kier molecular flexibility index (Phi) is 5.51. The molecule has 4 aromatic rings. The lowest BCUT2D eigenvalue weighted by molar-refractivity contribution is 0.623. The third kappa shape index (κ3) is 3.58. The van der Waals surface area contributed by atoms with Crippen LogP contribution in [0, 0.1) is 0 Å². The number of benzene rings is 1. The fraction of sp³-hybridized carbons (Fsp3) is 0.304. The number of aryl methyl sites for hydroxylation is 1. The zero-order valence-electron chi connectivity index (χ0n) is 17.2. The first kappa shape index (κ1) is 19.1. The Morgan fingerprint density at radius 2 is 1.97 bits per heavy atom. The van der Waals surface area contributed by atoms with E-state index in [0.717, 1.165) is 53.3 Å². The van der Waals surface area contributed by atoms with E-state index in [1.807, 2.05) is 36.9 Å². The van der Waals surface area contributed by atoms with E-state index in [-0.39, 0.29) is 0 Å². The first-order valence-electron chi connectivity index (χ1n) is 10.1. The molecule has 0 radical (unpaired) electrons. The summed E-state index contributed by atoms with van der Waals surface area (Å²) in [6.45, 7) is 5.90. The van der Waals surface area contributed by atoms with Gasteiger partial charge in [-0.25, -0.2) is 15.0 Å². The van der Waals surface area contributed by atoms with Gasteiger partial charge in [0.25, 0.3) is 0 Å². The number of imidazole rings is 2. The summed E-state index contributed by atoms with van der Waals surface area (Å²) in [5, 5.41) is 0. The van der Waals surface area contributed by atoms with Gasteiger partial charge in [0, 0.05) is 44.0 Å². The summed E-state index contributed by atoms with van der Waals surface area (Å²) in [6.07, 6.45) is 9.59. The Bertz CT molecular complexity index is 1150. The Morgan fingerprint density at radius 3 is 2.76 bits per heavy atom. The highest BCUT2D eigenvalue weighted by molar-refractivity contribution is 5.85. The smallest absolute Gasteiger partial charge is 0.160 e. The van der Waals surface area contributed by atoms with Crippen molar-refractivity contribution >= 4 is 17.4 Å². The third-order valence-corrected chi connectivity index (χ3v) is 5.13. The molecule has 0 bridgehead atoms. The van der Waals surface area contributed by atoms with Crippen LogP contribution in [0.15, 0.2) is 53.9 Å². The maximum atomic E-state index is 4.86. The normalized spacial score (nSPS) is 11.7. The van der Waals surface area contributed by atoms with Crippen LogP contribution in [0.4, 0.5) is 0 Å². The van der Waals surface area contributed by atoms with E-state index in [9.17, 15) is 0 Å². The molecule has 0 unspecified atom stereocenters. The van der Waals surface area contributed by atoms with Crippen LogP contribution in [0.2, 0.25) is 0 Å². The number of hydrogen-bond donors (Lipinski definition) is 0. The minimum Gasteiger partial charge on any atom is -0.323 e. The van der Waals surface area contributed by atoms with E-state index in [1.54, 1.807) is 7.05 Å². The molecule has 3 aromatic heterocycles. The molecule has 0 aliphatic carbocycles. The highest BCUT2D eigenvalue weighted by atomic mass is 15.2. The van der Waals surface area contributed by atoms with Gasteiger partial charge in [-0.2, -0.15) is 0 Å². The van der Waals surface area contributed by atoms with Crippen LogP contribution in [-0.2, 0) is 19.5 Å². The number of aromatic nitrogens is 5. The zero-order valence-corrected chi connectivity index (χ0v) is 17.2. The lowest BCUT2D eigenvalue weighted by Gasteiger charge is -2.14. The Morgan fingerprint density at radius 1 is 1.07 bits per heavy atom. The second kappa shape index (κ2) is 8.39. The summed E-state index contributed by atoms with van der Waals surface area (Å²) in [5.41, 5.74) is 5.43. The van der Waals surface area contributed by atoms with Gasteiger partial charge in [0.05, 0.1) is 6.54 Å². The molecule has 0 aliphatic rings. The van der Waals surface area contributed by atoms with Crippen molar-refractivity contribution in [1.82, 2.24) is 24.1 Å². The molecule has 6 heteroatoms. The van der Waals surface area contributed by atoms with E-state index < -0.39 is 0 Å². The molecule has 148 valence electrons. The highest BCUT2D eigenvalue weighted by Crippen LogP contribution is 2.26. The van der Waals surface area contributed by atoms with Crippen LogP contribution in [0.3, 0.4) is 0 Å². The highest BCUT2D eigenvalue weighted by Gasteiger charge is 2.16. The topological polar surface area (TPSA) is 60.9 Å². The quantitative estimate of drug-likeness (QED) is 0.443. The van der Waals surface area contributed by atoms with E-state index in [2.05, 4.69) is 56.1 Å². The van der Waals surface area contributed by atoms with Gasteiger partial charge in [-0.3, -0.25) is 4.99 Å². The van der Waals surface area contributed by atoms with Crippen LogP contribution in [0.25, 0.3) is 22.6 Å². The van der Waals surface area contributed by atoms with Gasteiger partial charge in [0.15, 0.2) is 5.65 Å². The summed E-state index contributed by atoms with van der Waals surface area (Å²) < 4.78 is 4.40. The van der Waals surface area contributed by atoms with Crippen LogP contribution in [-0.4, -0.2) is 37.3 Å². The molecule has 0 fully saturated rings. The number of aliphatic imine (C=N–C) groups is 1.